The number of fused-ring (bicyclic) bond motifs is 3. The molecule has 3 aromatic heterocycles. The second-order valence-electron chi connectivity index (χ2n) is 15.8. The van der Waals surface area contributed by atoms with E-state index >= 15 is 0 Å². The Balaban J connectivity index is 1.31. The third-order valence-corrected chi connectivity index (χ3v) is 10.0. The first kappa shape index (κ1) is 33.9. The highest BCUT2D eigenvalue weighted by Gasteiger charge is 2.27. The van der Waals surface area contributed by atoms with Gasteiger partial charge < -0.3 is 5.11 Å². The predicted molar refractivity (Wildman–Crippen MR) is 221 cm³/mol. The van der Waals surface area contributed by atoms with Crippen LogP contribution in [-0.4, -0.2) is 19.6 Å². The SMILES string of the molecule is CC(C)(C)c1cc(-n2c3ccccc3c3ccc(-c4cccc(N(c5ccccc5)c5cc(-c6ccccc6)ccn5)c4)nc32)c(O)c(C(C)(C)C)c1. The number of phenolic OH excluding ortho intramolecular Hbond substituents is 1. The Morgan fingerprint density at radius 1 is 0.566 bits per heavy atom. The van der Waals surface area contributed by atoms with Gasteiger partial charge in [-0.2, -0.15) is 0 Å². The molecular weight excluding hydrogens is 649 g/mol. The summed E-state index contributed by atoms with van der Waals surface area (Å²) in [7, 11) is 0. The van der Waals surface area contributed by atoms with E-state index in [0.29, 0.717) is 0 Å². The zero-order valence-corrected chi connectivity index (χ0v) is 31.2. The highest BCUT2D eigenvalue weighted by Crippen LogP contribution is 2.43. The van der Waals surface area contributed by atoms with Gasteiger partial charge in [0.2, 0.25) is 0 Å². The first-order valence-electron chi connectivity index (χ1n) is 18.2. The van der Waals surface area contributed by atoms with Gasteiger partial charge in [0.1, 0.15) is 17.2 Å². The van der Waals surface area contributed by atoms with Crippen molar-refractivity contribution in [2.24, 2.45) is 0 Å². The van der Waals surface area contributed by atoms with Crippen LogP contribution in [0.2, 0.25) is 0 Å². The smallest absolute Gasteiger partial charge is 0.146 e. The van der Waals surface area contributed by atoms with Crippen molar-refractivity contribution < 1.29 is 5.11 Å². The molecule has 0 aliphatic heterocycles. The molecule has 8 aromatic rings. The lowest BCUT2D eigenvalue weighted by Gasteiger charge is -2.28. The Hall–Kier alpha value is -6.20. The lowest BCUT2D eigenvalue weighted by atomic mass is 9.79. The van der Waals surface area contributed by atoms with Gasteiger partial charge in [-0.3, -0.25) is 9.47 Å². The number of aromatic nitrogens is 3. The summed E-state index contributed by atoms with van der Waals surface area (Å²) in [5.41, 5.74) is 10.3. The highest BCUT2D eigenvalue weighted by atomic mass is 16.3. The van der Waals surface area contributed by atoms with Crippen LogP contribution in [0.4, 0.5) is 17.2 Å². The number of rotatable bonds is 6. The molecule has 5 heteroatoms. The third kappa shape index (κ3) is 6.33. The molecule has 0 aliphatic carbocycles. The Morgan fingerprint density at radius 3 is 1.98 bits per heavy atom. The van der Waals surface area contributed by atoms with Crippen LogP contribution in [0.1, 0.15) is 52.7 Å². The summed E-state index contributed by atoms with van der Waals surface area (Å²) in [6.45, 7) is 13.1. The van der Waals surface area contributed by atoms with E-state index in [2.05, 4.69) is 184 Å². The second-order valence-corrected chi connectivity index (χ2v) is 15.8. The predicted octanol–water partition coefficient (Wildman–Crippen LogP) is 12.7. The van der Waals surface area contributed by atoms with Crippen LogP contribution in [0.3, 0.4) is 0 Å². The molecule has 262 valence electrons. The molecule has 8 rings (SSSR count). The molecule has 5 nitrogen and oxygen atoms in total. The summed E-state index contributed by atoms with van der Waals surface area (Å²) < 4.78 is 2.15. The van der Waals surface area contributed by atoms with Gasteiger partial charge in [0.25, 0.3) is 0 Å². The lowest BCUT2D eigenvalue weighted by Crippen LogP contribution is -2.18. The minimum Gasteiger partial charge on any atom is -0.505 e. The lowest BCUT2D eigenvalue weighted by molar-refractivity contribution is 0.442. The van der Waals surface area contributed by atoms with Crippen molar-refractivity contribution >= 4 is 39.1 Å². The fraction of sp³-hybridized carbons (Fsp3) is 0.167. The Bertz CT molecular complexity index is 2590. The molecule has 0 unspecified atom stereocenters. The van der Waals surface area contributed by atoms with Crippen molar-refractivity contribution in [2.75, 3.05) is 4.90 Å². The fourth-order valence-electron chi connectivity index (χ4n) is 7.18. The number of pyridine rings is 2. The van der Waals surface area contributed by atoms with Crippen LogP contribution in [0.15, 0.2) is 152 Å². The molecular formula is C48H44N4O. The summed E-state index contributed by atoms with van der Waals surface area (Å²) in [6.07, 6.45) is 1.88. The average molecular weight is 693 g/mol. The number of benzene rings is 5. The Labute approximate surface area is 311 Å². The van der Waals surface area contributed by atoms with Gasteiger partial charge in [0.15, 0.2) is 0 Å². The number of hydrogen-bond acceptors (Lipinski definition) is 4. The van der Waals surface area contributed by atoms with Crippen molar-refractivity contribution in [1.82, 2.24) is 14.5 Å². The number of hydrogen-bond donors (Lipinski definition) is 1. The second kappa shape index (κ2) is 13.1. The number of phenols is 1. The first-order chi connectivity index (χ1) is 25.5. The summed E-state index contributed by atoms with van der Waals surface area (Å²) in [6, 6.07) is 50.4. The maximum absolute atomic E-state index is 12.0. The molecule has 0 fully saturated rings. The van der Waals surface area contributed by atoms with Crippen LogP contribution >= 0.6 is 0 Å². The van der Waals surface area contributed by atoms with E-state index in [1.807, 2.05) is 18.3 Å². The molecule has 0 radical (unpaired) electrons. The first-order valence-corrected chi connectivity index (χ1v) is 18.2. The van der Waals surface area contributed by atoms with Crippen molar-refractivity contribution in [1.29, 1.82) is 0 Å². The molecule has 53 heavy (non-hydrogen) atoms. The zero-order valence-electron chi connectivity index (χ0n) is 31.2. The van der Waals surface area contributed by atoms with Crippen LogP contribution < -0.4 is 4.90 Å². The van der Waals surface area contributed by atoms with E-state index < -0.39 is 0 Å². The minimum absolute atomic E-state index is 0.125. The van der Waals surface area contributed by atoms with E-state index in [0.717, 1.165) is 78.3 Å². The molecule has 0 saturated carbocycles. The fourth-order valence-corrected chi connectivity index (χ4v) is 7.18. The maximum Gasteiger partial charge on any atom is 0.146 e. The highest BCUT2D eigenvalue weighted by molar-refractivity contribution is 6.08. The van der Waals surface area contributed by atoms with Gasteiger partial charge in [-0.05, 0) is 88.2 Å². The Morgan fingerprint density at radius 2 is 1.25 bits per heavy atom. The van der Waals surface area contributed by atoms with Crippen molar-refractivity contribution in [3.8, 4) is 33.8 Å². The van der Waals surface area contributed by atoms with Gasteiger partial charge in [0, 0.05) is 39.5 Å². The molecule has 0 spiro atoms. The van der Waals surface area contributed by atoms with Crippen molar-refractivity contribution in [3.63, 3.8) is 0 Å². The van der Waals surface area contributed by atoms with E-state index in [9.17, 15) is 5.11 Å². The molecule has 0 aliphatic rings. The molecule has 3 heterocycles. The monoisotopic (exact) mass is 692 g/mol. The number of para-hydroxylation sites is 2. The summed E-state index contributed by atoms with van der Waals surface area (Å²) in [5, 5.41) is 14.2. The van der Waals surface area contributed by atoms with Crippen LogP contribution in [0.25, 0.3) is 50.0 Å². The molecule has 1 N–H and O–H groups in total. The molecule has 0 atom stereocenters. The molecule has 0 bridgehead atoms. The van der Waals surface area contributed by atoms with Gasteiger partial charge in [-0.1, -0.05) is 126 Å². The van der Waals surface area contributed by atoms with E-state index in [1.165, 1.54) is 0 Å². The number of aromatic hydroxyl groups is 1. The quantitative estimate of drug-likeness (QED) is 0.188. The number of anilines is 3. The average Bonchev–Trinajstić information content (AvgIpc) is 3.49. The van der Waals surface area contributed by atoms with E-state index in [4.69, 9.17) is 9.97 Å². The van der Waals surface area contributed by atoms with E-state index in [-0.39, 0.29) is 16.6 Å². The van der Waals surface area contributed by atoms with Gasteiger partial charge >= 0.3 is 0 Å². The number of nitrogens with zero attached hydrogens (tertiary/aromatic N) is 4. The van der Waals surface area contributed by atoms with Gasteiger partial charge in [0.05, 0.1) is 16.9 Å². The topological polar surface area (TPSA) is 54.2 Å². The minimum atomic E-state index is -0.266. The summed E-state index contributed by atoms with van der Waals surface area (Å²) in [4.78, 5) is 12.5. The van der Waals surface area contributed by atoms with E-state index in [1.54, 1.807) is 0 Å². The standard InChI is InChI=1S/C48H44N4O/c1-47(2,3)35-30-40(48(4,5)6)45(53)43(31-35)52-42-23-14-13-22-38(42)39-24-25-41(50-46(39)52)34-18-15-21-37(28-34)51(36-19-11-8-12-20-36)44-29-33(26-27-49-44)32-16-9-7-10-17-32/h7-31,53H,1-6H3. The maximum atomic E-state index is 12.0. The van der Waals surface area contributed by atoms with Crippen LogP contribution in [-0.2, 0) is 10.8 Å². The largest absolute Gasteiger partial charge is 0.505 e. The van der Waals surface area contributed by atoms with Crippen LogP contribution in [0, 0.1) is 0 Å². The molecule has 0 saturated heterocycles. The summed E-state index contributed by atoms with van der Waals surface area (Å²) >= 11 is 0. The van der Waals surface area contributed by atoms with Crippen LogP contribution in [0.5, 0.6) is 5.75 Å². The van der Waals surface area contributed by atoms with Crippen molar-refractivity contribution in [2.45, 2.75) is 52.4 Å². The Kier molecular flexibility index (Phi) is 8.38. The normalized spacial score (nSPS) is 12.0. The van der Waals surface area contributed by atoms with Gasteiger partial charge in [-0.25, -0.2) is 9.97 Å². The zero-order chi connectivity index (χ0) is 36.9. The summed E-state index contributed by atoms with van der Waals surface area (Å²) in [5.74, 6) is 1.10. The van der Waals surface area contributed by atoms with Crippen molar-refractivity contribution in [3.05, 3.63) is 163 Å². The molecule has 0 amide bonds. The third-order valence-electron chi connectivity index (χ3n) is 10.0. The van der Waals surface area contributed by atoms with Gasteiger partial charge in [-0.15, -0.1) is 0 Å². The molecule has 5 aromatic carbocycles.